The summed E-state index contributed by atoms with van der Waals surface area (Å²) in [6.45, 7) is 0. The van der Waals surface area contributed by atoms with Crippen molar-refractivity contribution in [1.82, 2.24) is 4.98 Å². The normalized spacial score (nSPS) is 19.6. The second kappa shape index (κ2) is 4.05. The summed E-state index contributed by atoms with van der Waals surface area (Å²) in [4.78, 5) is 4.38. The van der Waals surface area contributed by atoms with Gasteiger partial charge in [-0.15, -0.1) is 0 Å². The van der Waals surface area contributed by atoms with Crippen LogP contribution in [0.15, 0.2) is 54.9 Å². The highest BCUT2D eigenvalue weighted by atomic mass is 14.6. The number of pyridine rings is 1. The van der Waals surface area contributed by atoms with Crippen molar-refractivity contribution < 1.29 is 0 Å². The van der Waals surface area contributed by atoms with Crippen molar-refractivity contribution in [2.75, 3.05) is 0 Å². The Kier molecular flexibility index (Phi) is 2.17. The lowest BCUT2D eigenvalue weighted by Crippen LogP contribution is -2.25. The molecule has 0 aliphatic heterocycles. The van der Waals surface area contributed by atoms with Crippen molar-refractivity contribution in [2.45, 2.75) is 12.8 Å². The maximum absolute atomic E-state index is 4.38. The molecule has 0 radical (unpaired) electrons. The van der Waals surface area contributed by atoms with Gasteiger partial charge in [-0.05, 0) is 51.1 Å². The van der Waals surface area contributed by atoms with E-state index in [9.17, 15) is 0 Å². The van der Waals surface area contributed by atoms with Gasteiger partial charge in [0.2, 0.25) is 0 Å². The average Bonchev–Trinajstić information content (AvgIpc) is 2.95. The fraction of sp³-hybridized carbons (Fsp3) is 0.150. The molecule has 2 aliphatic rings. The number of allylic oxidation sites excluding steroid dienone is 2. The summed E-state index contributed by atoms with van der Waals surface area (Å²) in [6.07, 6.45) is 13.5. The van der Waals surface area contributed by atoms with Crippen molar-refractivity contribution in [1.29, 1.82) is 0 Å². The average molecular weight is 269 g/mol. The molecule has 1 nitrogen and oxygen atoms in total. The van der Waals surface area contributed by atoms with Crippen LogP contribution in [-0.4, -0.2) is 4.98 Å². The number of nitrogens with zero attached hydrogens (tertiary/aromatic N) is 1. The number of benzene rings is 2. The molecule has 1 heterocycles. The van der Waals surface area contributed by atoms with E-state index in [1.165, 1.54) is 50.4 Å². The molecule has 5 rings (SSSR count). The highest BCUT2D eigenvalue weighted by Gasteiger charge is 2.21. The Morgan fingerprint density at radius 1 is 0.952 bits per heavy atom. The van der Waals surface area contributed by atoms with Crippen LogP contribution in [0.4, 0.5) is 0 Å². The summed E-state index contributed by atoms with van der Waals surface area (Å²) in [5, 5.41) is 8.16. The molecular weight excluding hydrogens is 254 g/mol. The third kappa shape index (κ3) is 1.43. The number of hydrogen-bond acceptors (Lipinski definition) is 1. The minimum atomic E-state index is 0.583. The van der Waals surface area contributed by atoms with Gasteiger partial charge in [-0.1, -0.05) is 42.5 Å². The first-order chi connectivity index (χ1) is 10.4. The number of fused-ring (bicyclic) bond motifs is 7. The Balaban J connectivity index is 2.17. The van der Waals surface area contributed by atoms with Gasteiger partial charge in [-0.2, -0.15) is 0 Å². The summed E-state index contributed by atoms with van der Waals surface area (Å²) >= 11 is 0. The zero-order valence-corrected chi connectivity index (χ0v) is 11.7. The van der Waals surface area contributed by atoms with Gasteiger partial charge in [-0.3, -0.25) is 4.98 Å². The third-order valence-electron chi connectivity index (χ3n) is 4.86. The van der Waals surface area contributed by atoms with Crippen LogP contribution in [0.5, 0.6) is 0 Å². The molecule has 0 spiro atoms. The summed E-state index contributed by atoms with van der Waals surface area (Å²) in [5.74, 6) is 0.583. The third-order valence-corrected chi connectivity index (χ3v) is 4.86. The lowest BCUT2D eigenvalue weighted by Gasteiger charge is -2.14. The van der Waals surface area contributed by atoms with Gasteiger partial charge < -0.3 is 0 Å². The second-order valence-corrected chi connectivity index (χ2v) is 5.96. The molecule has 1 aromatic heterocycles. The number of hydrogen-bond donors (Lipinski definition) is 0. The zero-order chi connectivity index (χ0) is 13.8. The Hall–Kier alpha value is -2.41. The van der Waals surface area contributed by atoms with E-state index in [1.807, 2.05) is 12.4 Å². The van der Waals surface area contributed by atoms with E-state index in [0.29, 0.717) is 5.92 Å². The van der Waals surface area contributed by atoms with Gasteiger partial charge in [0, 0.05) is 23.7 Å². The van der Waals surface area contributed by atoms with Crippen molar-refractivity contribution >= 4 is 33.2 Å². The van der Waals surface area contributed by atoms with Crippen molar-refractivity contribution in [3.05, 3.63) is 65.3 Å². The molecule has 100 valence electrons. The summed E-state index contributed by atoms with van der Waals surface area (Å²) < 4.78 is 0. The van der Waals surface area contributed by atoms with E-state index in [-0.39, 0.29) is 0 Å². The second-order valence-electron chi connectivity index (χ2n) is 5.96. The van der Waals surface area contributed by atoms with Crippen molar-refractivity contribution in [3.8, 4) is 0 Å². The maximum Gasteiger partial charge on any atom is 0.0352 e. The maximum atomic E-state index is 4.38. The van der Waals surface area contributed by atoms with Gasteiger partial charge in [0.1, 0.15) is 0 Å². The first-order valence-corrected chi connectivity index (χ1v) is 7.60. The first kappa shape index (κ1) is 11.3. The van der Waals surface area contributed by atoms with Crippen molar-refractivity contribution in [2.24, 2.45) is 5.92 Å². The first-order valence-electron chi connectivity index (χ1n) is 7.60. The largest absolute Gasteiger partial charge is 0.264 e. The Morgan fingerprint density at radius 2 is 1.81 bits per heavy atom. The fourth-order valence-corrected chi connectivity index (χ4v) is 3.95. The van der Waals surface area contributed by atoms with Gasteiger partial charge >= 0.3 is 0 Å². The molecule has 0 N–H and O–H groups in total. The monoisotopic (exact) mass is 269 g/mol. The molecule has 0 amide bonds. The molecule has 0 fully saturated rings. The molecule has 1 heteroatoms. The summed E-state index contributed by atoms with van der Waals surface area (Å²) in [6, 6.07) is 10.9. The van der Waals surface area contributed by atoms with Crippen LogP contribution >= 0.6 is 0 Å². The van der Waals surface area contributed by atoms with Crippen LogP contribution in [0.2, 0.25) is 0 Å². The van der Waals surface area contributed by atoms with Crippen LogP contribution in [0, 0.1) is 5.92 Å². The van der Waals surface area contributed by atoms with Gasteiger partial charge in [0.15, 0.2) is 0 Å². The van der Waals surface area contributed by atoms with E-state index in [2.05, 4.69) is 53.5 Å². The minimum Gasteiger partial charge on any atom is -0.264 e. The SMILES string of the molecule is C1=CC2=c3c(c4ccccc4c4ccncc34)=CC2CC1. The molecule has 2 aliphatic carbocycles. The molecule has 0 saturated carbocycles. The lowest BCUT2D eigenvalue weighted by atomic mass is 9.90. The summed E-state index contributed by atoms with van der Waals surface area (Å²) in [5.41, 5.74) is 1.49. The van der Waals surface area contributed by atoms with Crippen molar-refractivity contribution in [3.63, 3.8) is 0 Å². The predicted octanol–water partition coefficient (Wildman–Crippen LogP) is 3.30. The lowest BCUT2D eigenvalue weighted by molar-refractivity contribution is 0.759. The zero-order valence-electron chi connectivity index (χ0n) is 11.7. The highest BCUT2D eigenvalue weighted by Crippen LogP contribution is 2.30. The van der Waals surface area contributed by atoms with Gasteiger partial charge in [-0.25, -0.2) is 0 Å². The number of rotatable bonds is 0. The Labute approximate surface area is 122 Å². The molecule has 3 aromatic rings. The molecular formula is C20H15N. The molecule has 21 heavy (non-hydrogen) atoms. The van der Waals surface area contributed by atoms with E-state index >= 15 is 0 Å². The minimum absolute atomic E-state index is 0.583. The number of aromatic nitrogens is 1. The molecule has 0 saturated heterocycles. The highest BCUT2D eigenvalue weighted by molar-refractivity contribution is 6.09. The van der Waals surface area contributed by atoms with Gasteiger partial charge in [0.25, 0.3) is 0 Å². The van der Waals surface area contributed by atoms with Crippen LogP contribution in [0.3, 0.4) is 0 Å². The topological polar surface area (TPSA) is 12.9 Å². The molecule has 1 atom stereocenters. The molecule has 1 unspecified atom stereocenters. The quantitative estimate of drug-likeness (QED) is 0.571. The van der Waals surface area contributed by atoms with Crippen LogP contribution in [0.25, 0.3) is 33.2 Å². The van der Waals surface area contributed by atoms with Gasteiger partial charge in [0.05, 0.1) is 0 Å². The van der Waals surface area contributed by atoms with Crippen LogP contribution in [-0.2, 0) is 0 Å². The molecule has 0 bridgehead atoms. The standard InChI is InChI=1S/C20H15N/c1-2-6-14-13(5-1)11-18-16-8-4-3-7-15(16)17-9-10-21-12-19(17)20(14)18/h2-4,6-13H,1,5H2. The van der Waals surface area contributed by atoms with E-state index in [0.717, 1.165) is 0 Å². The van der Waals surface area contributed by atoms with E-state index in [1.54, 1.807) is 0 Å². The predicted molar refractivity (Wildman–Crippen MR) is 88.2 cm³/mol. The Morgan fingerprint density at radius 3 is 2.76 bits per heavy atom. The van der Waals surface area contributed by atoms with Crippen LogP contribution < -0.4 is 10.4 Å². The summed E-state index contributed by atoms with van der Waals surface area (Å²) in [7, 11) is 0. The Bertz CT molecular complexity index is 1040. The fourth-order valence-electron chi connectivity index (χ4n) is 3.95. The smallest absolute Gasteiger partial charge is 0.0352 e. The van der Waals surface area contributed by atoms with Crippen LogP contribution in [0.1, 0.15) is 12.8 Å². The molecule has 2 aromatic carbocycles. The van der Waals surface area contributed by atoms with E-state index < -0.39 is 0 Å². The van der Waals surface area contributed by atoms with E-state index in [4.69, 9.17) is 0 Å².